The molecule has 3 rings (SSSR count). The molecule has 3 N–H and O–H groups in total. The standard InChI is InChI=1S/C15H14N2O4/c1-20-14-4-2-9(6-12(14)18)8-16-10-3-5-13-11(7-10)17-15(19)21-13/h2-7,16,18H,8H2,1H3,(H,17,19). The molecule has 0 radical (unpaired) electrons. The molecule has 108 valence electrons. The number of nitrogens with one attached hydrogen (secondary N) is 2. The first-order valence-corrected chi connectivity index (χ1v) is 6.38. The molecule has 6 heteroatoms. The van der Waals surface area contributed by atoms with Crippen LogP contribution in [0.1, 0.15) is 5.56 Å². The molecule has 0 aliphatic carbocycles. The third-order valence-corrected chi connectivity index (χ3v) is 3.16. The Morgan fingerprint density at radius 1 is 1.29 bits per heavy atom. The molecular formula is C15H14N2O4. The number of methoxy groups -OCH3 is 1. The molecule has 0 unspecified atom stereocenters. The van der Waals surface area contributed by atoms with Gasteiger partial charge in [0, 0.05) is 12.2 Å². The fourth-order valence-electron chi connectivity index (χ4n) is 2.11. The summed E-state index contributed by atoms with van der Waals surface area (Å²) < 4.78 is 9.94. The molecule has 3 aromatic rings. The van der Waals surface area contributed by atoms with Gasteiger partial charge in [-0.1, -0.05) is 6.07 Å². The molecule has 0 aliphatic rings. The SMILES string of the molecule is COc1ccc(CNc2ccc3oc(=O)[nH]c3c2)cc1O. The number of phenols is 1. The first-order chi connectivity index (χ1) is 10.2. The number of aromatic nitrogens is 1. The van der Waals surface area contributed by atoms with Gasteiger partial charge in [-0.3, -0.25) is 4.98 Å². The molecule has 1 aromatic heterocycles. The van der Waals surface area contributed by atoms with Gasteiger partial charge in [0.1, 0.15) is 0 Å². The number of aromatic hydroxyl groups is 1. The molecule has 0 fully saturated rings. The summed E-state index contributed by atoms with van der Waals surface area (Å²) >= 11 is 0. The number of ether oxygens (including phenoxy) is 1. The third kappa shape index (κ3) is 2.69. The Kier molecular flexibility index (Phi) is 3.27. The van der Waals surface area contributed by atoms with Crippen LogP contribution in [0.4, 0.5) is 5.69 Å². The molecule has 0 spiro atoms. The largest absolute Gasteiger partial charge is 0.504 e. The lowest BCUT2D eigenvalue weighted by Gasteiger charge is -2.08. The molecule has 0 aliphatic heterocycles. The molecule has 21 heavy (non-hydrogen) atoms. The van der Waals surface area contributed by atoms with Gasteiger partial charge in [0.15, 0.2) is 17.1 Å². The highest BCUT2D eigenvalue weighted by molar-refractivity contribution is 5.76. The second kappa shape index (κ2) is 5.24. The Labute approximate surface area is 120 Å². The predicted molar refractivity (Wildman–Crippen MR) is 78.8 cm³/mol. The van der Waals surface area contributed by atoms with Crippen LogP contribution in [-0.4, -0.2) is 17.2 Å². The van der Waals surface area contributed by atoms with E-state index in [0.29, 0.717) is 23.4 Å². The smallest absolute Gasteiger partial charge is 0.417 e. The van der Waals surface area contributed by atoms with E-state index in [4.69, 9.17) is 9.15 Å². The van der Waals surface area contributed by atoms with E-state index in [9.17, 15) is 9.90 Å². The van der Waals surface area contributed by atoms with Crippen LogP contribution in [0.25, 0.3) is 11.1 Å². The summed E-state index contributed by atoms with van der Waals surface area (Å²) in [6.45, 7) is 0.533. The first-order valence-electron chi connectivity index (χ1n) is 6.38. The fourth-order valence-corrected chi connectivity index (χ4v) is 2.11. The molecule has 0 amide bonds. The van der Waals surface area contributed by atoms with Crippen LogP contribution in [0.3, 0.4) is 0 Å². The maximum atomic E-state index is 11.1. The topological polar surface area (TPSA) is 87.5 Å². The van der Waals surface area contributed by atoms with E-state index >= 15 is 0 Å². The highest BCUT2D eigenvalue weighted by atomic mass is 16.5. The van der Waals surface area contributed by atoms with Crippen molar-refractivity contribution in [1.29, 1.82) is 0 Å². The zero-order chi connectivity index (χ0) is 14.8. The summed E-state index contributed by atoms with van der Waals surface area (Å²) in [5.41, 5.74) is 2.92. The number of aromatic amines is 1. The van der Waals surface area contributed by atoms with E-state index in [1.165, 1.54) is 7.11 Å². The van der Waals surface area contributed by atoms with Gasteiger partial charge in [0.05, 0.1) is 12.6 Å². The van der Waals surface area contributed by atoms with Gasteiger partial charge in [-0.15, -0.1) is 0 Å². The number of rotatable bonds is 4. The Balaban J connectivity index is 1.76. The van der Waals surface area contributed by atoms with Crippen molar-refractivity contribution in [2.24, 2.45) is 0 Å². The summed E-state index contributed by atoms with van der Waals surface area (Å²) in [5.74, 6) is 0.0739. The molecular weight excluding hydrogens is 272 g/mol. The van der Waals surface area contributed by atoms with Crippen molar-refractivity contribution in [1.82, 2.24) is 4.98 Å². The normalized spacial score (nSPS) is 10.7. The van der Waals surface area contributed by atoms with Crippen LogP contribution in [0.2, 0.25) is 0 Å². The number of phenolic OH excluding ortho intramolecular Hbond substituents is 1. The Morgan fingerprint density at radius 3 is 2.90 bits per heavy atom. The second-order valence-electron chi connectivity index (χ2n) is 4.59. The van der Waals surface area contributed by atoms with Crippen LogP contribution in [-0.2, 0) is 6.54 Å². The molecule has 0 saturated carbocycles. The highest BCUT2D eigenvalue weighted by Crippen LogP contribution is 2.26. The number of oxazole rings is 1. The summed E-state index contributed by atoms with van der Waals surface area (Å²) in [6.07, 6.45) is 0. The van der Waals surface area contributed by atoms with Gasteiger partial charge in [0.2, 0.25) is 0 Å². The van der Waals surface area contributed by atoms with Gasteiger partial charge in [-0.05, 0) is 35.9 Å². The number of anilines is 1. The average molecular weight is 286 g/mol. The van der Waals surface area contributed by atoms with Crippen LogP contribution in [0.5, 0.6) is 11.5 Å². The predicted octanol–water partition coefficient (Wildman–Crippen LogP) is 2.45. The van der Waals surface area contributed by atoms with E-state index < -0.39 is 5.76 Å². The molecule has 0 atom stereocenters. The molecule has 0 bridgehead atoms. The van der Waals surface area contributed by atoms with Gasteiger partial charge in [0.25, 0.3) is 0 Å². The van der Waals surface area contributed by atoms with Crippen molar-refractivity contribution in [3.05, 3.63) is 52.5 Å². The minimum Gasteiger partial charge on any atom is -0.504 e. The highest BCUT2D eigenvalue weighted by Gasteiger charge is 2.04. The van der Waals surface area contributed by atoms with Gasteiger partial charge in [-0.25, -0.2) is 4.79 Å². The number of H-pyrrole nitrogens is 1. The van der Waals surface area contributed by atoms with Gasteiger partial charge in [-0.2, -0.15) is 0 Å². The maximum Gasteiger partial charge on any atom is 0.417 e. The van der Waals surface area contributed by atoms with Crippen molar-refractivity contribution in [3.63, 3.8) is 0 Å². The zero-order valence-electron chi connectivity index (χ0n) is 11.3. The van der Waals surface area contributed by atoms with Crippen molar-refractivity contribution in [2.75, 3.05) is 12.4 Å². The minimum absolute atomic E-state index is 0.103. The van der Waals surface area contributed by atoms with Gasteiger partial charge >= 0.3 is 5.76 Å². The summed E-state index contributed by atoms with van der Waals surface area (Å²) in [7, 11) is 1.51. The van der Waals surface area contributed by atoms with Crippen molar-refractivity contribution >= 4 is 16.8 Å². The Morgan fingerprint density at radius 2 is 2.14 bits per heavy atom. The van der Waals surface area contributed by atoms with Crippen LogP contribution in [0, 0.1) is 0 Å². The van der Waals surface area contributed by atoms with E-state index in [2.05, 4.69) is 10.3 Å². The molecule has 2 aromatic carbocycles. The summed E-state index contributed by atoms with van der Waals surface area (Å²) in [6, 6.07) is 10.6. The fraction of sp³-hybridized carbons (Fsp3) is 0.133. The molecule has 0 saturated heterocycles. The maximum absolute atomic E-state index is 11.1. The number of fused-ring (bicyclic) bond motifs is 1. The van der Waals surface area contributed by atoms with E-state index in [-0.39, 0.29) is 5.75 Å². The summed E-state index contributed by atoms with van der Waals surface area (Å²) in [4.78, 5) is 13.7. The lowest BCUT2D eigenvalue weighted by atomic mass is 10.2. The third-order valence-electron chi connectivity index (χ3n) is 3.16. The lowest BCUT2D eigenvalue weighted by molar-refractivity contribution is 0.373. The van der Waals surface area contributed by atoms with Crippen molar-refractivity contribution in [2.45, 2.75) is 6.54 Å². The lowest BCUT2D eigenvalue weighted by Crippen LogP contribution is -1.99. The monoisotopic (exact) mass is 286 g/mol. The van der Waals surface area contributed by atoms with Crippen molar-refractivity contribution < 1.29 is 14.3 Å². The van der Waals surface area contributed by atoms with E-state index in [0.717, 1.165) is 11.3 Å². The molecule has 1 heterocycles. The van der Waals surface area contributed by atoms with Crippen LogP contribution in [0.15, 0.2) is 45.6 Å². The minimum atomic E-state index is -0.470. The number of hydrogen-bond donors (Lipinski definition) is 3. The first kappa shape index (κ1) is 13.1. The summed E-state index contributed by atoms with van der Waals surface area (Å²) in [5, 5.41) is 12.9. The molecule has 6 nitrogen and oxygen atoms in total. The van der Waals surface area contributed by atoms with Crippen molar-refractivity contribution in [3.8, 4) is 11.5 Å². The quantitative estimate of drug-likeness (QED) is 0.685. The number of benzene rings is 2. The number of hydrogen-bond acceptors (Lipinski definition) is 5. The van der Waals surface area contributed by atoms with Crippen LogP contribution < -0.4 is 15.8 Å². The van der Waals surface area contributed by atoms with E-state index in [1.54, 1.807) is 24.3 Å². The average Bonchev–Trinajstić information content (AvgIpc) is 2.84. The van der Waals surface area contributed by atoms with Gasteiger partial charge < -0.3 is 19.6 Å². The second-order valence-corrected chi connectivity index (χ2v) is 4.59. The zero-order valence-corrected chi connectivity index (χ0v) is 11.3. The Hall–Kier alpha value is -2.89. The van der Waals surface area contributed by atoms with E-state index in [1.807, 2.05) is 12.1 Å². The van der Waals surface area contributed by atoms with Crippen LogP contribution >= 0.6 is 0 Å². The Bertz CT molecular complexity index is 835.